The summed E-state index contributed by atoms with van der Waals surface area (Å²) >= 11 is 1.70. The van der Waals surface area contributed by atoms with Crippen LogP contribution in [0.3, 0.4) is 0 Å². The maximum Gasteiger partial charge on any atom is 0.175 e. The molecule has 1 rings (SSSR count). The molecule has 1 aromatic carbocycles. The number of hydrogen-bond donors (Lipinski definition) is 0. The van der Waals surface area contributed by atoms with Gasteiger partial charge in [0.15, 0.2) is 9.84 Å². The van der Waals surface area contributed by atoms with Crippen LogP contribution in [-0.2, 0) is 9.84 Å². The number of sulfone groups is 1. The van der Waals surface area contributed by atoms with Crippen molar-refractivity contribution in [2.24, 2.45) is 0 Å². The van der Waals surface area contributed by atoms with Gasteiger partial charge in [-0.3, -0.25) is 0 Å². The fraction of sp³-hybridized carbons (Fsp3) is 0.333. The lowest BCUT2D eigenvalue weighted by molar-refractivity contribution is 0.602. The Labute approximate surface area is 83.3 Å². The van der Waals surface area contributed by atoms with Gasteiger partial charge in [0.2, 0.25) is 0 Å². The molecule has 13 heavy (non-hydrogen) atoms. The first-order valence-corrected chi connectivity index (χ1v) is 6.84. The predicted molar refractivity (Wildman–Crippen MR) is 55.9 cm³/mol. The number of thioether (sulfide) groups is 1. The topological polar surface area (TPSA) is 34.1 Å². The average Bonchev–Trinajstić information content (AvgIpc) is 2.04. The molecule has 1 aromatic rings. The summed E-state index contributed by atoms with van der Waals surface area (Å²) in [5, 5.41) is 0. The van der Waals surface area contributed by atoms with Crippen LogP contribution in [0.15, 0.2) is 34.1 Å². The molecule has 0 aromatic heterocycles. The van der Waals surface area contributed by atoms with Gasteiger partial charge in [-0.2, -0.15) is 0 Å². The van der Waals surface area contributed by atoms with Crippen molar-refractivity contribution in [1.82, 2.24) is 0 Å². The summed E-state index contributed by atoms with van der Waals surface area (Å²) in [6, 6.07) is 6.97. The van der Waals surface area contributed by atoms with Gasteiger partial charge < -0.3 is 0 Å². The highest BCUT2D eigenvalue weighted by Gasteiger charge is 2.05. The van der Waals surface area contributed by atoms with Crippen LogP contribution in [0.2, 0.25) is 0 Å². The molecule has 2 nitrogen and oxygen atoms in total. The summed E-state index contributed by atoms with van der Waals surface area (Å²) in [4.78, 5) is 1.49. The average molecular weight is 216 g/mol. The second-order valence-electron chi connectivity index (χ2n) is 2.68. The Kier molecular flexibility index (Phi) is 3.39. The molecule has 0 saturated carbocycles. The largest absolute Gasteiger partial charge is 0.224 e. The molecule has 0 N–H and O–H groups in total. The van der Waals surface area contributed by atoms with E-state index in [9.17, 15) is 8.42 Å². The van der Waals surface area contributed by atoms with E-state index >= 15 is 0 Å². The fourth-order valence-electron chi connectivity index (χ4n) is 0.950. The van der Waals surface area contributed by atoms with E-state index in [4.69, 9.17) is 0 Å². The summed E-state index contributed by atoms with van der Waals surface area (Å²) in [6.07, 6.45) is 1.22. The lowest BCUT2D eigenvalue weighted by atomic mass is 10.4. The van der Waals surface area contributed by atoms with Crippen molar-refractivity contribution in [3.63, 3.8) is 0 Å². The predicted octanol–water partition coefficient (Wildman–Crippen LogP) is 2.20. The zero-order chi connectivity index (χ0) is 9.90. The molecular weight excluding hydrogens is 204 g/mol. The Bertz CT molecular complexity index is 365. The molecule has 0 atom stereocenters. The van der Waals surface area contributed by atoms with Gasteiger partial charge in [0, 0.05) is 11.2 Å². The van der Waals surface area contributed by atoms with E-state index in [-0.39, 0.29) is 0 Å². The quantitative estimate of drug-likeness (QED) is 0.726. The smallest absolute Gasteiger partial charge is 0.175 e. The lowest BCUT2D eigenvalue weighted by Crippen LogP contribution is -1.95. The van der Waals surface area contributed by atoms with Crippen molar-refractivity contribution < 1.29 is 8.42 Å². The van der Waals surface area contributed by atoms with E-state index in [2.05, 4.69) is 6.92 Å². The van der Waals surface area contributed by atoms with Gasteiger partial charge in [0.25, 0.3) is 0 Å². The maximum atomic E-state index is 11.1. The van der Waals surface area contributed by atoms with Gasteiger partial charge in [-0.05, 0) is 30.0 Å². The minimum atomic E-state index is -3.04. The first-order valence-electron chi connectivity index (χ1n) is 3.97. The molecule has 0 bridgehead atoms. The van der Waals surface area contributed by atoms with E-state index in [1.165, 1.54) is 6.26 Å². The molecular formula is C9H12O2S2. The Morgan fingerprint density at radius 3 is 2.15 bits per heavy atom. The molecule has 0 saturated heterocycles. The first-order chi connectivity index (χ1) is 6.04. The molecule has 0 heterocycles. The van der Waals surface area contributed by atoms with Crippen LogP contribution in [0.25, 0.3) is 0 Å². The van der Waals surface area contributed by atoms with Crippen molar-refractivity contribution in [3.8, 4) is 0 Å². The Balaban J connectivity index is 2.94. The zero-order valence-corrected chi connectivity index (χ0v) is 9.28. The van der Waals surface area contributed by atoms with Gasteiger partial charge in [-0.15, -0.1) is 11.8 Å². The fourth-order valence-corrected chi connectivity index (χ4v) is 2.24. The van der Waals surface area contributed by atoms with Gasteiger partial charge in [0.05, 0.1) is 4.90 Å². The van der Waals surface area contributed by atoms with Crippen molar-refractivity contribution >= 4 is 21.6 Å². The maximum absolute atomic E-state index is 11.1. The zero-order valence-electron chi connectivity index (χ0n) is 7.65. The van der Waals surface area contributed by atoms with Gasteiger partial charge in [-0.1, -0.05) is 6.92 Å². The number of benzene rings is 1. The summed E-state index contributed by atoms with van der Waals surface area (Å²) in [5.41, 5.74) is 0. The van der Waals surface area contributed by atoms with E-state index < -0.39 is 9.84 Å². The Morgan fingerprint density at radius 2 is 1.77 bits per heavy atom. The van der Waals surface area contributed by atoms with Crippen molar-refractivity contribution in [3.05, 3.63) is 24.3 Å². The molecule has 0 amide bonds. The number of hydrogen-bond acceptors (Lipinski definition) is 3. The second kappa shape index (κ2) is 4.15. The Morgan fingerprint density at radius 1 is 1.23 bits per heavy atom. The molecule has 4 heteroatoms. The van der Waals surface area contributed by atoms with Gasteiger partial charge in [-0.25, -0.2) is 8.42 Å². The third kappa shape index (κ3) is 3.04. The Hall–Kier alpha value is -0.480. The van der Waals surface area contributed by atoms with Crippen molar-refractivity contribution in [2.75, 3.05) is 12.0 Å². The van der Waals surface area contributed by atoms with E-state index in [0.29, 0.717) is 4.90 Å². The minimum Gasteiger partial charge on any atom is -0.224 e. The highest BCUT2D eigenvalue weighted by molar-refractivity contribution is 7.99. The van der Waals surface area contributed by atoms with E-state index in [0.717, 1.165) is 10.6 Å². The molecule has 0 unspecified atom stereocenters. The van der Waals surface area contributed by atoms with Crippen LogP contribution in [0.5, 0.6) is 0 Å². The van der Waals surface area contributed by atoms with Crippen LogP contribution in [0.4, 0.5) is 0 Å². The van der Waals surface area contributed by atoms with Gasteiger partial charge in [0.1, 0.15) is 0 Å². The summed E-state index contributed by atoms with van der Waals surface area (Å²) in [5.74, 6) is 0.998. The SMILES string of the molecule is CCSc1ccc(S(C)(=O)=O)cc1. The molecule has 0 aliphatic heterocycles. The van der Waals surface area contributed by atoms with Crippen molar-refractivity contribution in [2.45, 2.75) is 16.7 Å². The monoisotopic (exact) mass is 216 g/mol. The third-order valence-corrected chi connectivity index (χ3v) is 3.59. The minimum absolute atomic E-state index is 0.382. The first kappa shape index (κ1) is 10.6. The van der Waals surface area contributed by atoms with Gasteiger partial charge >= 0.3 is 0 Å². The second-order valence-corrected chi connectivity index (χ2v) is 6.03. The van der Waals surface area contributed by atoms with Crippen LogP contribution >= 0.6 is 11.8 Å². The molecule has 72 valence electrons. The van der Waals surface area contributed by atoms with Crippen molar-refractivity contribution in [1.29, 1.82) is 0 Å². The van der Waals surface area contributed by atoms with E-state index in [1.807, 2.05) is 12.1 Å². The number of rotatable bonds is 3. The molecule has 0 aliphatic rings. The summed E-state index contributed by atoms with van der Waals surface area (Å²) in [7, 11) is -3.04. The molecule has 0 fully saturated rings. The molecule has 0 spiro atoms. The van der Waals surface area contributed by atoms with Crippen LogP contribution in [0, 0.1) is 0 Å². The highest BCUT2D eigenvalue weighted by atomic mass is 32.2. The third-order valence-electron chi connectivity index (χ3n) is 1.56. The van der Waals surface area contributed by atoms with E-state index in [1.54, 1.807) is 23.9 Å². The molecule has 0 aliphatic carbocycles. The van der Waals surface area contributed by atoms with Crippen LogP contribution < -0.4 is 0 Å². The van der Waals surface area contributed by atoms with Crippen LogP contribution in [0.1, 0.15) is 6.92 Å². The standard InChI is InChI=1S/C9H12O2S2/c1-3-12-8-4-6-9(7-5-8)13(2,10)11/h4-7H,3H2,1-2H3. The summed E-state index contributed by atoms with van der Waals surface area (Å²) < 4.78 is 22.2. The lowest BCUT2D eigenvalue weighted by Gasteiger charge is -2.00. The molecule has 0 radical (unpaired) electrons. The summed E-state index contributed by atoms with van der Waals surface area (Å²) in [6.45, 7) is 2.06. The normalized spacial score (nSPS) is 11.5. The van der Waals surface area contributed by atoms with Crippen LogP contribution in [-0.4, -0.2) is 20.4 Å². The highest BCUT2D eigenvalue weighted by Crippen LogP contribution is 2.19.